The number of carbonyl (C=O) groups excluding carboxylic acids is 2. The van der Waals surface area contributed by atoms with Crippen LogP contribution in [0.15, 0.2) is 12.2 Å². The van der Waals surface area contributed by atoms with Crippen molar-refractivity contribution in [2.75, 3.05) is 13.1 Å². The summed E-state index contributed by atoms with van der Waals surface area (Å²) >= 11 is 0. The number of rotatable bonds is 2. The number of hydrogen-bond acceptors (Lipinski definition) is 3. The first-order chi connectivity index (χ1) is 6.74. The fourth-order valence-electron chi connectivity index (χ4n) is 1.50. The van der Waals surface area contributed by atoms with Crippen molar-refractivity contribution in [3.8, 4) is 0 Å². The quantitative estimate of drug-likeness (QED) is 0.620. The van der Waals surface area contributed by atoms with Gasteiger partial charge in [-0.25, -0.2) is 0 Å². The summed E-state index contributed by atoms with van der Waals surface area (Å²) < 4.78 is 0. The number of carbonyl (C=O) groups is 2. The van der Waals surface area contributed by atoms with Gasteiger partial charge in [-0.05, 0) is 38.9 Å². The van der Waals surface area contributed by atoms with Gasteiger partial charge in [0.1, 0.15) is 0 Å². The molecule has 0 unspecified atom stereocenters. The second kappa shape index (κ2) is 5.54. The fraction of sp³-hybridized carbons (Fsp3) is 0.600. The van der Waals surface area contributed by atoms with Gasteiger partial charge in [0.25, 0.3) is 0 Å². The average Bonchev–Trinajstić information content (AvgIpc) is 2.19. The van der Waals surface area contributed by atoms with Crippen LogP contribution in [0.3, 0.4) is 0 Å². The Hall–Kier alpha value is -1.16. The van der Waals surface area contributed by atoms with Crippen LogP contribution in [0.5, 0.6) is 0 Å². The monoisotopic (exact) mass is 196 g/mol. The van der Waals surface area contributed by atoms with E-state index in [1.54, 1.807) is 13.0 Å². The molecule has 78 valence electrons. The summed E-state index contributed by atoms with van der Waals surface area (Å²) in [7, 11) is 0. The van der Waals surface area contributed by atoms with Crippen LogP contribution < -0.4 is 10.6 Å². The largest absolute Gasteiger partial charge is 0.317 e. The molecule has 0 radical (unpaired) electrons. The highest BCUT2D eigenvalue weighted by Crippen LogP contribution is 2.10. The smallest absolute Gasteiger partial charge is 0.250 e. The first-order valence-electron chi connectivity index (χ1n) is 4.92. The third-order valence-electron chi connectivity index (χ3n) is 2.27. The maximum Gasteiger partial charge on any atom is 0.250 e. The Kier molecular flexibility index (Phi) is 4.32. The van der Waals surface area contributed by atoms with Crippen molar-refractivity contribution >= 4 is 11.8 Å². The van der Waals surface area contributed by atoms with E-state index < -0.39 is 0 Å². The van der Waals surface area contributed by atoms with E-state index in [2.05, 4.69) is 10.6 Å². The second-order valence-electron chi connectivity index (χ2n) is 3.38. The zero-order valence-corrected chi connectivity index (χ0v) is 8.38. The summed E-state index contributed by atoms with van der Waals surface area (Å²) in [5.74, 6) is -0.476. The van der Waals surface area contributed by atoms with Crippen LogP contribution in [0.25, 0.3) is 0 Å². The number of piperidine rings is 1. The summed E-state index contributed by atoms with van der Waals surface area (Å²) in [4.78, 5) is 22.6. The molecule has 2 N–H and O–H groups in total. The number of allylic oxidation sites excluding steroid dienone is 1. The van der Waals surface area contributed by atoms with Gasteiger partial charge in [0, 0.05) is 5.92 Å². The highest BCUT2D eigenvalue weighted by atomic mass is 16.2. The zero-order chi connectivity index (χ0) is 10.4. The molecular formula is C10H16N2O2. The Balaban J connectivity index is 2.36. The van der Waals surface area contributed by atoms with Crippen molar-refractivity contribution in [3.05, 3.63) is 12.2 Å². The molecule has 1 saturated heterocycles. The lowest BCUT2D eigenvalue weighted by Crippen LogP contribution is -2.40. The van der Waals surface area contributed by atoms with Crippen molar-refractivity contribution in [1.29, 1.82) is 0 Å². The first-order valence-corrected chi connectivity index (χ1v) is 4.92. The summed E-state index contributed by atoms with van der Waals surface area (Å²) in [6, 6.07) is 0. The van der Waals surface area contributed by atoms with E-state index in [9.17, 15) is 9.59 Å². The Morgan fingerprint density at radius 3 is 2.57 bits per heavy atom. The molecule has 0 aromatic heterocycles. The number of nitrogens with one attached hydrogen (secondary N) is 2. The van der Waals surface area contributed by atoms with E-state index in [1.807, 2.05) is 0 Å². The van der Waals surface area contributed by atoms with Crippen LogP contribution in [0.4, 0.5) is 0 Å². The van der Waals surface area contributed by atoms with Crippen LogP contribution in [0.2, 0.25) is 0 Å². The predicted molar refractivity (Wildman–Crippen MR) is 53.6 cm³/mol. The summed E-state index contributed by atoms with van der Waals surface area (Å²) in [5.41, 5.74) is 0. The van der Waals surface area contributed by atoms with E-state index in [4.69, 9.17) is 0 Å². The minimum Gasteiger partial charge on any atom is -0.317 e. The Labute approximate surface area is 83.8 Å². The first kappa shape index (κ1) is 10.9. The molecule has 0 saturated carbocycles. The highest BCUT2D eigenvalue weighted by molar-refractivity contribution is 6.01. The van der Waals surface area contributed by atoms with Gasteiger partial charge in [-0.1, -0.05) is 6.08 Å². The van der Waals surface area contributed by atoms with Crippen molar-refractivity contribution in [1.82, 2.24) is 10.6 Å². The zero-order valence-electron chi connectivity index (χ0n) is 8.38. The number of amides is 2. The molecule has 4 heteroatoms. The molecule has 4 nitrogen and oxygen atoms in total. The number of imide groups is 1. The Morgan fingerprint density at radius 1 is 1.36 bits per heavy atom. The molecule has 0 aromatic rings. The van der Waals surface area contributed by atoms with E-state index in [-0.39, 0.29) is 17.7 Å². The van der Waals surface area contributed by atoms with Gasteiger partial charge >= 0.3 is 0 Å². The molecule has 0 aromatic carbocycles. The normalized spacial score (nSPS) is 18.4. The summed E-state index contributed by atoms with van der Waals surface area (Å²) in [6.45, 7) is 3.46. The third-order valence-corrected chi connectivity index (χ3v) is 2.27. The molecule has 1 fully saturated rings. The minimum absolute atomic E-state index is 0.00884. The maximum atomic E-state index is 11.5. The molecule has 1 heterocycles. The molecule has 14 heavy (non-hydrogen) atoms. The number of hydrogen-bond donors (Lipinski definition) is 2. The van der Waals surface area contributed by atoms with Crippen molar-refractivity contribution in [3.63, 3.8) is 0 Å². The van der Waals surface area contributed by atoms with Crippen LogP contribution >= 0.6 is 0 Å². The van der Waals surface area contributed by atoms with Crippen LogP contribution in [0.1, 0.15) is 19.8 Å². The summed E-state index contributed by atoms with van der Waals surface area (Å²) in [6.07, 6.45) is 4.61. The fourth-order valence-corrected chi connectivity index (χ4v) is 1.50. The minimum atomic E-state index is -0.323. The highest BCUT2D eigenvalue weighted by Gasteiger charge is 2.21. The Bertz CT molecular complexity index is 243. The van der Waals surface area contributed by atoms with E-state index >= 15 is 0 Å². The lowest BCUT2D eigenvalue weighted by atomic mass is 9.97. The van der Waals surface area contributed by atoms with Crippen LogP contribution in [0, 0.1) is 5.92 Å². The molecule has 2 amide bonds. The molecule has 1 aliphatic rings. The van der Waals surface area contributed by atoms with Gasteiger partial charge in [0.2, 0.25) is 11.8 Å². The molecule has 0 aliphatic carbocycles. The maximum absolute atomic E-state index is 11.5. The lowest BCUT2D eigenvalue weighted by molar-refractivity contribution is -0.131. The Morgan fingerprint density at radius 2 is 2.00 bits per heavy atom. The second-order valence-corrected chi connectivity index (χ2v) is 3.38. The average molecular weight is 196 g/mol. The van der Waals surface area contributed by atoms with E-state index in [0.717, 1.165) is 25.9 Å². The molecular weight excluding hydrogens is 180 g/mol. The van der Waals surface area contributed by atoms with Crippen LogP contribution in [-0.4, -0.2) is 24.9 Å². The molecule has 1 aliphatic heterocycles. The van der Waals surface area contributed by atoms with Gasteiger partial charge in [0.05, 0.1) is 0 Å². The van der Waals surface area contributed by atoms with Crippen LogP contribution in [-0.2, 0) is 9.59 Å². The van der Waals surface area contributed by atoms with E-state index in [1.165, 1.54) is 6.08 Å². The van der Waals surface area contributed by atoms with Crippen molar-refractivity contribution in [2.45, 2.75) is 19.8 Å². The molecule has 0 atom stereocenters. The molecule has 1 rings (SSSR count). The van der Waals surface area contributed by atoms with Gasteiger partial charge in [-0.2, -0.15) is 0 Å². The molecule has 0 spiro atoms. The van der Waals surface area contributed by atoms with E-state index in [0.29, 0.717) is 0 Å². The van der Waals surface area contributed by atoms with Gasteiger partial charge in [-0.15, -0.1) is 0 Å². The van der Waals surface area contributed by atoms with Crippen molar-refractivity contribution < 1.29 is 9.59 Å². The molecule has 0 bridgehead atoms. The standard InChI is InChI=1S/C10H16N2O2/c1-2-3-9(13)12-10(14)8-4-6-11-7-5-8/h2-3,8,11H,4-7H2,1H3,(H,12,13,14)/b3-2+. The van der Waals surface area contributed by atoms with Gasteiger partial charge < -0.3 is 5.32 Å². The van der Waals surface area contributed by atoms with Crippen molar-refractivity contribution in [2.24, 2.45) is 5.92 Å². The van der Waals surface area contributed by atoms with Gasteiger partial charge in [0.15, 0.2) is 0 Å². The third kappa shape index (κ3) is 3.30. The predicted octanol–water partition coefficient (Wildman–Crippen LogP) is 0.205. The lowest BCUT2D eigenvalue weighted by Gasteiger charge is -2.20. The SMILES string of the molecule is C/C=C/C(=O)NC(=O)C1CCNCC1. The summed E-state index contributed by atoms with van der Waals surface area (Å²) in [5, 5.41) is 5.53. The topological polar surface area (TPSA) is 58.2 Å². The van der Waals surface area contributed by atoms with Gasteiger partial charge in [-0.3, -0.25) is 14.9 Å².